The molecule has 1 aromatic rings. The molecule has 7 nitrogen and oxygen atoms in total. The van der Waals surface area contributed by atoms with Gasteiger partial charge in [-0.3, -0.25) is 14.9 Å². The number of hydrogen-bond acceptors (Lipinski definition) is 5. The number of para-hydroxylation sites is 1. The SMILES string of the molecule is C[C@@H](OC(=O)/C=C/c1ccccc1[N+](=O)[O-])C(=O)NC1CC1. The smallest absolute Gasteiger partial charge is 0.331 e. The Kier molecular flexibility index (Phi) is 4.88. The van der Waals surface area contributed by atoms with Gasteiger partial charge >= 0.3 is 5.97 Å². The first-order valence-corrected chi connectivity index (χ1v) is 6.90. The van der Waals surface area contributed by atoms with E-state index >= 15 is 0 Å². The molecule has 0 aliphatic heterocycles. The van der Waals surface area contributed by atoms with E-state index in [2.05, 4.69) is 5.32 Å². The molecule has 0 bridgehead atoms. The van der Waals surface area contributed by atoms with Crippen LogP contribution >= 0.6 is 0 Å². The average molecular weight is 304 g/mol. The van der Waals surface area contributed by atoms with Crippen molar-refractivity contribution < 1.29 is 19.2 Å². The predicted octanol–water partition coefficient (Wildman–Crippen LogP) is 1.82. The number of nitro benzene ring substituents is 1. The summed E-state index contributed by atoms with van der Waals surface area (Å²) < 4.78 is 4.96. The predicted molar refractivity (Wildman–Crippen MR) is 78.8 cm³/mol. The van der Waals surface area contributed by atoms with E-state index in [-0.39, 0.29) is 17.6 Å². The summed E-state index contributed by atoms with van der Waals surface area (Å²) in [6.07, 6.45) is 3.37. The third-order valence-corrected chi connectivity index (χ3v) is 3.12. The average Bonchev–Trinajstić information content (AvgIpc) is 3.29. The Balaban J connectivity index is 1.93. The standard InChI is InChI=1S/C15H16N2O5/c1-10(15(19)16-12-7-8-12)22-14(18)9-6-11-4-2-3-5-13(11)17(20)21/h2-6,9-10,12H,7-8H2,1H3,(H,16,19)/b9-6+/t10-/m1/s1. The number of ether oxygens (including phenoxy) is 1. The lowest BCUT2D eigenvalue weighted by Gasteiger charge is -2.11. The number of carbonyl (C=O) groups excluding carboxylic acids is 2. The normalized spacial score (nSPS) is 15.3. The van der Waals surface area contributed by atoms with Crippen LogP contribution in [-0.2, 0) is 14.3 Å². The van der Waals surface area contributed by atoms with Crippen LogP contribution in [-0.4, -0.2) is 28.9 Å². The van der Waals surface area contributed by atoms with Crippen LogP contribution in [0.3, 0.4) is 0 Å². The first kappa shape index (κ1) is 15.7. The highest BCUT2D eigenvalue weighted by Crippen LogP contribution is 2.20. The lowest BCUT2D eigenvalue weighted by atomic mass is 10.1. The molecule has 1 aliphatic carbocycles. The molecule has 1 saturated carbocycles. The van der Waals surface area contributed by atoms with E-state index in [1.54, 1.807) is 6.07 Å². The van der Waals surface area contributed by atoms with Gasteiger partial charge in [-0.05, 0) is 31.9 Å². The topological polar surface area (TPSA) is 98.5 Å². The van der Waals surface area contributed by atoms with E-state index in [9.17, 15) is 19.7 Å². The van der Waals surface area contributed by atoms with Gasteiger partial charge in [0.2, 0.25) is 0 Å². The number of hydrogen-bond donors (Lipinski definition) is 1. The molecule has 0 unspecified atom stereocenters. The first-order valence-electron chi connectivity index (χ1n) is 6.90. The molecule has 0 heterocycles. The van der Waals surface area contributed by atoms with Crippen LogP contribution in [0.5, 0.6) is 0 Å². The quantitative estimate of drug-likeness (QED) is 0.374. The Morgan fingerprint density at radius 1 is 1.41 bits per heavy atom. The summed E-state index contributed by atoms with van der Waals surface area (Å²) in [6, 6.07) is 6.22. The number of rotatable bonds is 6. The Hall–Kier alpha value is -2.70. The minimum absolute atomic E-state index is 0.105. The van der Waals surface area contributed by atoms with Crippen molar-refractivity contribution in [3.63, 3.8) is 0 Å². The molecule has 1 atom stereocenters. The molecule has 0 aromatic heterocycles. The maximum atomic E-state index is 11.7. The van der Waals surface area contributed by atoms with Crippen molar-refractivity contribution in [2.45, 2.75) is 31.9 Å². The molecule has 1 fully saturated rings. The Morgan fingerprint density at radius 3 is 2.73 bits per heavy atom. The molecular weight excluding hydrogens is 288 g/mol. The zero-order valence-electron chi connectivity index (χ0n) is 12.0. The minimum atomic E-state index is -0.900. The number of esters is 1. The number of nitro groups is 1. The highest BCUT2D eigenvalue weighted by molar-refractivity contribution is 5.91. The van der Waals surface area contributed by atoms with E-state index in [0.717, 1.165) is 18.9 Å². The zero-order valence-corrected chi connectivity index (χ0v) is 12.0. The van der Waals surface area contributed by atoms with Gasteiger partial charge in [-0.25, -0.2) is 4.79 Å². The van der Waals surface area contributed by atoms with Crippen molar-refractivity contribution in [2.75, 3.05) is 0 Å². The molecule has 0 spiro atoms. The van der Waals surface area contributed by atoms with Crippen molar-refractivity contribution in [3.8, 4) is 0 Å². The highest BCUT2D eigenvalue weighted by Gasteiger charge is 2.26. The van der Waals surface area contributed by atoms with Crippen molar-refractivity contribution in [2.24, 2.45) is 0 Å². The van der Waals surface area contributed by atoms with Crippen LogP contribution in [0.25, 0.3) is 6.08 Å². The van der Waals surface area contributed by atoms with Gasteiger partial charge in [-0.2, -0.15) is 0 Å². The van der Waals surface area contributed by atoms with Crippen molar-refractivity contribution >= 4 is 23.6 Å². The van der Waals surface area contributed by atoms with E-state index in [1.807, 2.05) is 0 Å². The molecular formula is C15H16N2O5. The van der Waals surface area contributed by atoms with E-state index in [0.29, 0.717) is 5.56 Å². The fraction of sp³-hybridized carbons (Fsp3) is 0.333. The summed E-state index contributed by atoms with van der Waals surface area (Å²) in [6.45, 7) is 1.48. The first-order chi connectivity index (χ1) is 10.5. The fourth-order valence-corrected chi connectivity index (χ4v) is 1.77. The van der Waals surface area contributed by atoms with Gasteiger partial charge in [-0.15, -0.1) is 0 Å². The van der Waals surface area contributed by atoms with Crippen LogP contribution in [0, 0.1) is 10.1 Å². The van der Waals surface area contributed by atoms with Crippen LogP contribution in [0.15, 0.2) is 30.3 Å². The van der Waals surface area contributed by atoms with Crippen LogP contribution in [0.2, 0.25) is 0 Å². The van der Waals surface area contributed by atoms with Gasteiger partial charge in [0.05, 0.1) is 10.5 Å². The molecule has 116 valence electrons. The third kappa shape index (κ3) is 4.41. The fourth-order valence-electron chi connectivity index (χ4n) is 1.77. The van der Waals surface area contributed by atoms with Crippen molar-refractivity contribution in [1.29, 1.82) is 0 Å². The Bertz CT molecular complexity index is 622. The summed E-state index contributed by atoms with van der Waals surface area (Å²) in [5.41, 5.74) is 0.186. The van der Waals surface area contributed by atoms with Gasteiger partial charge in [-0.1, -0.05) is 12.1 Å². The van der Waals surface area contributed by atoms with E-state index < -0.39 is 17.0 Å². The summed E-state index contributed by atoms with van der Waals surface area (Å²) in [5.74, 6) is -1.06. The lowest BCUT2D eigenvalue weighted by molar-refractivity contribution is -0.385. The molecule has 0 saturated heterocycles. The van der Waals surface area contributed by atoms with Gasteiger partial charge in [0.1, 0.15) is 0 Å². The monoisotopic (exact) mass is 304 g/mol. The van der Waals surface area contributed by atoms with E-state index in [1.165, 1.54) is 31.2 Å². The Morgan fingerprint density at radius 2 is 2.09 bits per heavy atom. The van der Waals surface area contributed by atoms with Gasteiger partial charge < -0.3 is 10.1 Å². The van der Waals surface area contributed by atoms with Gasteiger partial charge in [0.15, 0.2) is 6.10 Å². The third-order valence-electron chi connectivity index (χ3n) is 3.12. The number of carbonyl (C=O) groups is 2. The summed E-state index contributed by atoms with van der Waals surface area (Å²) in [5, 5.41) is 13.6. The second-order valence-corrected chi connectivity index (χ2v) is 5.01. The van der Waals surface area contributed by atoms with Crippen LogP contribution in [0.1, 0.15) is 25.3 Å². The Labute approximate surface area is 127 Å². The van der Waals surface area contributed by atoms with E-state index in [4.69, 9.17) is 4.74 Å². The molecule has 2 rings (SSSR count). The molecule has 1 aromatic carbocycles. The molecule has 1 N–H and O–H groups in total. The molecule has 1 aliphatic rings. The maximum absolute atomic E-state index is 11.7. The lowest BCUT2D eigenvalue weighted by Crippen LogP contribution is -2.36. The molecule has 22 heavy (non-hydrogen) atoms. The summed E-state index contributed by atoms with van der Waals surface area (Å²) in [4.78, 5) is 33.6. The van der Waals surface area contributed by atoms with Crippen molar-refractivity contribution in [3.05, 3.63) is 46.0 Å². The minimum Gasteiger partial charge on any atom is -0.449 e. The molecule has 0 radical (unpaired) electrons. The van der Waals surface area contributed by atoms with Gasteiger partial charge in [0, 0.05) is 18.2 Å². The van der Waals surface area contributed by atoms with Gasteiger partial charge in [0.25, 0.3) is 11.6 Å². The maximum Gasteiger partial charge on any atom is 0.331 e. The van der Waals surface area contributed by atoms with Crippen LogP contribution in [0.4, 0.5) is 5.69 Å². The van der Waals surface area contributed by atoms with Crippen LogP contribution < -0.4 is 5.32 Å². The number of nitrogens with one attached hydrogen (secondary N) is 1. The van der Waals surface area contributed by atoms with Crippen molar-refractivity contribution in [1.82, 2.24) is 5.32 Å². The molecule has 1 amide bonds. The number of amides is 1. The number of benzene rings is 1. The second-order valence-electron chi connectivity index (χ2n) is 5.01. The number of nitrogens with zero attached hydrogens (tertiary/aromatic N) is 1. The largest absolute Gasteiger partial charge is 0.449 e. The molecule has 7 heteroatoms. The zero-order chi connectivity index (χ0) is 16.1. The highest BCUT2D eigenvalue weighted by atomic mass is 16.6. The second kappa shape index (κ2) is 6.84. The summed E-state index contributed by atoms with van der Waals surface area (Å²) in [7, 11) is 0. The summed E-state index contributed by atoms with van der Waals surface area (Å²) >= 11 is 0.